The predicted octanol–water partition coefficient (Wildman–Crippen LogP) is 7.09. The normalized spacial score (nSPS) is 14.9. The van der Waals surface area contributed by atoms with Gasteiger partial charge in [-0.05, 0) is 0 Å². The van der Waals surface area contributed by atoms with E-state index < -0.39 is 0 Å². The molecule has 5 heterocycles. The Hall–Kier alpha value is -5.36. The Morgan fingerprint density at radius 2 is 0.737 bits per heavy atom. The van der Waals surface area contributed by atoms with Crippen LogP contribution in [0.25, 0.3) is 32.9 Å². The van der Waals surface area contributed by atoms with Gasteiger partial charge in [-0.2, -0.15) is 0 Å². The number of benzene rings is 4. The van der Waals surface area contributed by atoms with Gasteiger partial charge in [0.1, 0.15) is 11.6 Å². The summed E-state index contributed by atoms with van der Waals surface area (Å²) in [7, 11) is 0. The molecule has 0 saturated carbocycles. The minimum Gasteiger partial charge on any atom is -0.337 e. The van der Waals surface area contributed by atoms with Crippen molar-refractivity contribution in [3.63, 3.8) is 0 Å². The van der Waals surface area contributed by atoms with Gasteiger partial charge >= 0.3 is 0 Å². The molecule has 38 heavy (non-hydrogen) atoms. The minimum atomic E-state index is 0.675. The third-order valence-corrected chi connectivity index (χ3v) is 7.58. The van der Waals surface area contributed by atoms with E-state index in [4.69, 9.17) is 20.0 Å². The van der Waals surface area contributed by atoms with E-state index in [-0.39, 0.29) is 0 Å². The van der Waals surface area contributed by atoms with Crippen LogP contribution in [0.2, 0.25) is 0 Å². The molecule has 0 spiro atoms. The molecule has 176 valence electrons. The van der Waals surface area contributed by atoms with Crippen LogP contribution in [0.1, 0.15) is 22.3 Å². The average molecular weight is 487 g/mol. The molecular formula is C32H18N6. The Labute approximate surface area is 216 Å². The van der Waals surface area contributed by atoms with E-state index in [1.807, 2.05) is 36.4 Å². The van der Waals surface area contributed by atoms with Crippen molar-refractivity contribution in [2.75, 3.05) is 0 Å². The van der Waals surface area contributed by atoms with E-state index in [0.717, 1.165) is 78.2 Å². The van der Waals surface area contributed by atoms with Gasteiger partial charge in [0.05, 0.1) is 22.8 Å². The number of nitrogens with zero attached hydrogens (tertiary/aromatic N) is 4. The highest BCUT2D eigenvalue weighted by molar-refractivity contribution is 6.61. The smallest absolute Gasteiger partial charge is 0.162 e. The van der Waals surface area contributed by atoms with Gasteiger partial charge in [-0.25, -0.2) is 20.0 Å². The van der Waals surface area contributed by atoms with Crippen LogP contribution in [0.5, 0.6) is 0 Å². The summed E-state index contributed by atoms with van der Waals surface area (Å²) in [5.74, 6) is 2.91. The predicted molar refractivity (Wildman–Crippen MR) is 154 cm³/mol. The maximum Gasteiger partial charge on any atom is 0.162 e. The Kier molecular flexibility index (Phi) is 3.70. The second kappa shape index (κ2) is 7.11. The van der Waals surface area contributed by atoms with Gasteiger partial charge < -0.3 is 9.97 Å². The van der Waals surface area contributed by atoms with Crippen LogP contribution >= 0.6 is 0 Å². The van der Waals surface area contributed by atoms with Crippen LogP contribution in [0.3, 0.4) is 0 Å². The number of aromatic nitrogens is 2. The number of aromatic amines is 2. The number of hydrogen-bond acceptors (Lipinski definition) is 4. The van der Waals surface area contributed by atoms with E-state index in [2.05, 4.69) is 70.6 Å². The number of aliphatic imine (C=N–C) groups is 4. The summed E-state index contributed by atoms with van der Waals surface area (Å²) in [4.78, 5) is 27.7. The van der Waals surface area contributed by atoms with Crippen molar-refractivity contribution in [1.29, 1.82) is 0 Å². The lowest BCUT2D eigenvalue weighted by molar-refractivity contribution is 1.29. The first-order valence-corrected chi connectivity index (χ1v) is 12.6. The zero-order valence-electron chi connectivity index (χ0n) is 20.0. The van der Waals surface area contributed by atoms with E-state index in [9.17, 15) is 0 Å². The molecule has 0 atom stereocenters. The summed E-state index contributed by atoms with van der Waals surface area (Å²) in [6.45, 7) is 0. The molecule has 0 fully saturated rings. The SMILES string of the molecule is c1ccc2c(c1)C1=Nc3[nH]c(c4ccccc34)-c3[nH]c(c4ccccc34)N=C3N=C(C2=N1)c1ccccc13. The number of fused-ring (bicyclic) bond motifs is 20. The number of rotatable bonds is 0. The third kappa shape index (κ3) is 2.56. The molecule has 6 aromatic rings. The molecule has 0 saturated heterocycles. The highest BCUT2D eigenvalue weighted by Gasteiger charge is 2.32. The number of amidine groups is 2. The largest absolute Gasteiger partial charge is 0.337 e. The Morgan fingerprint density at radius 3 is 1.18 bits per heavy atom. The quantitative estimate of drug-likeness (QED) is 0.230. The van der Waals surface area contributed by atoms with Crippen molar-refractivity contribution < 1.29 is 0 Å². The van der Waals surface area contributed by atoms with Crippen molar-refractivity contribution in [2.45, 2.75) is 0 Å². The highest BCUT2D eigenvalue weighted by atomic mass is 15.1. The van der Waals surface area contributed by atoms with Crippen molar-refractivity contribution in [1.82, 2.24) is 9.97 Å². The Morgan fingerprint density at radius 1 is 0.368 bits per heavy atom. The maximum absolute atomic E-state index is 5.12. The molecule has 3 aliphatic heterocycles. The molecule has 9 rings (SSSR count). The monoisotopic (exact) mass is 486 g/mol. The molecule has 0 radical (unpaired) electrons. The van der Waals surface area contributed by atoms with Gasteiger partial charge in [0.15, 0.2) is 11.7 Å². The third-order valence-electron chi connectivity index (χ3n) is 7.58. The van der Waals surface area contributed by atoms with Crippen LogP contribution in [-0.4, -0.2) is 33.1 Å². The van der Waals surface area contributed by atoms with Crippen molar-refractivity contribution in [3.05, 3.63) is 119 Å². The lowest BCUT2D eigenvalue weighted by Crippen LogP contribution is -2.13. The number of nitrogens with one attached hydrogen (secondary N) is 2. The van der Waals surface area contributed by atoms with Gasteiger partial charge in [-0.3, -0.25) is 0 Å². The van der Waals surface area contributed by atoms with Crippen LogP contribution < -0.4 is 0 Å². The Balaban J connectivity index is 1.46. The molecule has 6 nitrogen and oxygen atoms in total. The first-order chi connectivity index (χ1) is 18.8. The first kappa shape index (κ1) is 19.8. The summed E-state index contributed by atoms with van der Waals surface area (Å²) in [6, 6.07) is 33.2. The summed E-state index contributed by atoms with van der Waals surface area (Å²) >= 11 is 0. The van der Waals surface area contributed by atoms with Gasteiger partial charge in [0, 0.05) is 43.8 Å². The van der Waals surface area contributed by atoms with Gasteiger partial charge in [0.25, 0.3) is 0 Å². The van der Waals surface area contributed by atoms with Crippen molar-refractivity contribution in [3.8, 4) is 11.4 Å². The molecule has 2 N–H and O–H groups in total. The highest BCUT2D eigenvalue weighted by Crippen LogP contribution is 2.42. The lowest BCUT2D eigenvalue weighted by atomic mass is 9.97. The first-order valence-electron chi connectivity index (χ1n) is 12.6. The molecular weight excluding hydrogens is 468 g/mol. The average Bonchev–Trinajstić information content (AvgIpc) is 3.71. The number of H-pyrrole nitrogens is 2. The van der Waals surface area contributed by atoms with Crippen LogP contribution in [-0.2, 0) is 0 Å². The van der Waals surface area contributed by atoms with Crippen LogP contribution in [0.15, 0.2) is 117 Å². The molecule has 4 aromatic carbocycles. The summed E-state index contributed by atoms with van der Waals surface area (Å²) in [6.07, 6.45) is 0. The fourth-order valence-corrected chi connectivity index (χ4v) is 5.86. The minimum absolute atomic E-state index is 0.675. The zero-order valence-corrected chi connectivity index (χ0v) is 20.0. The van der Waals surface area contributed by atoms with Crippen LogP contribution in [0.4, 0.5) is 11.6 Å². The second-order valence-corrected chi connectivity index (χ2v) is 9.67. The molecule has 0 amide bonds. The zero-order chi connectivity index (χ0) is 24.8. The lowest BCUT2D eigenvalue weighted by Gasteiger charge is -2.04. The number of hydrogen-bond donors (Lipinski definition) is 2. The van der Waals surface area contributed by atoms with E-state index in [0.29, 0.717) is 11.7 Å². The molecule has 8 bridgehead atoms. The molecule has 0 unspecified atom stereocenters. The summed E-state index contributed by atoms with van der Waals surface area (Å²) < 4.78 is 0. The van der Waals surface area contributed by atoms with Gasteiger partial charge in [0.2, 0.25) is 0 Å². The van der Waals surface area contributed by atoms with Crippen molar-refractivity contribution >= 4 is 56.3 Å². The summed E-state index contributed by atoms with van der Waals surface area (Å²) in [5.41, 5.74) is 7.64. The molecule has 0 aliphatic carbocycles. The summed E-state index contributed by atoms with van der Waals surface area (Å²) in [5, 5.41) is 4.27. The molecule has 6 heteroatoms. The standard InChI is InChI=1S/C32H18N6/c1-5-13-21-17(9-1)25-26-18-10-2-6-14-22(18)30(34-26)38-32-24-16-8-4-12-20(24)28(36-32)27-19-11-3-7-15-23(19)31(35-27)37-29(21)33-25/h1-16H,(H,33,35,37)(H,34,36,38). The maximum atomic E-state index is 5.12. The Bertz CT molecular complexity index is 1980. The van der Waals surface area contributed by atoms with E-state index >= 15 is 0 Å². The fraction of sp³-hybridized carbons (Fsp3) is 0. The molecule has 3 aliphatic rings. The van der Waals surface area contributed by atoms with Crippen molar-refractivity contribution in [2.24, 2.45) is 20.0 Å². The second-order valence-electron chi connectivity index (χ2n) is 9.67. The van der Waals surface area contributed by atoms with Crippen LogP contribution in [0, 0.1) is 0 Å². The van der Waals surface area contributed by atoms with E-state index in [1.54, 1.807) is 0 Å². The van der Waals surface area contributed by atoms with Gasteiger partial charge in [-0.1, -0.05) is 97.1 Å². The topological polar surface area (TPSA) is 81.0 Å². The fourth-order valence-electron chi connectivity index (χ4n) is 5.86. The van der Waals surface area contributed by atoms with Gasteiger partial charge in [-0.15, -0.1) is 0 Å². The molecule has 2 aromatic heterocycles. The van der Waals surface area contributed by atoms with E-state index in [1.165, 1.54) is 0 Å².